The van der Waals surface area contributed by atoms with Gasteiger partial charge in [0.1, 0.15) is 5.75 Å². The topological polar surface area (TPSA) is 66.8 Å². The van der Waals surface area contributed by atoms with Crippen molar-refractivity contribution < 1.29 is 19.1 Å². The molecule has 2 rings (SSSR count). The Balaban J connectivity index is 2.16. The molecule has 2 N–H and O–H groups in total. The minimum Gasteiger partial charge on any atom is -0.492 e. The summed E-state index contributed by atoms with van der Waals surface area (Å²) < 4.78 is 16.1. The van der Waals surface area contributed by atoms with Crippen molar-refractivity contribution in [1.82, 2.24) is 0 Å². The Morgan fingerprint density at radius 2 is 1.76 bits per heavy atom. The first-order chi connectivity index (χ1) is 8.06. The van der Waals surface area contributed by atoms with Crippen LogP contribution in [-0.2, 0) is 4.57 Å². The lowest BCUT2D eigenvalue weighted by Gasteiger charge is -2.09. The highest BCUT2D eigenvalue weighted by Crippen LogP contribution is 2.34. The van der Waals surface area contributed by atoms with E-state index in [1.807, 2.05) is 36.4 Å². The smallest absolute Gasteiger partial charge is 0.328 e. The first kappa shape index (κ1) is 12.1. The minimum atomic E-state index is -3.99. The third-order valence-corrected chi connectivity index (χ3v) is 3.15. The summed E-state index contributed by atoms with van der Waals surface area (Å²) in [7, 11) is -3.99. The molecule has 17 heavy (non-hydrogen) atoms. The molecule has 2 aromatic carbocycles. The molecule has 90 valence electrons. The summed E-state index contributed by atoms with van der Waals surface area (Å²) in [6.07, 6.45) is -0.268. The van der Waals surface area contributed by atoms with E-state index in [9.17, 15) is 4.57 Å². The van der Waals surface area contributed by atoms with E-state index in [1.54, 1.807) is 6.07 Å². The van der Waals surface area contributed by atoms with Gasteiger partial charge < -0.3 is 14.5 Å². The standard InChI is InChI=1S/C12H13O4P/c13-17(14,15)9-8-16-12-7-3-5-10-4-1-2-6-11(10)12/h1-7H,8-9H2,(H2,13,14,15). The third kappa shape index (κ3) is 3.30. The van der Waals surface area contributed by atoms with Gasteiger partial charge in [0.2, 0.25) is 0 Å². The van der Waals surface area contributed by atoms with E-state index in [1.165, 1.54) is 0 Å². The van der Waals surface area contributed by atoms with Gasteiger partial charge in [0.25, 0.3) is 0 Å². The Hall–Kier alpha value is -1.35. The summed E-state index contributed by atoms with van der Waals surface area (Å²) in [5, 5.41) is 1.99. The van der Waals surface area contributed by atoms with Crippen molar-refractivity contribution in [3.8, 4) is 5.75 Å². The maximum atomic E-state index is 10.7. The molecule has 0 heterocycles. The van der Waals surface area contributed by atoms with Crippen LogP contribution in [0.3, 0.4) is 0 Å². The number of benzene rings is 2. The Bertz CT molecular complexity index is 556. The molecule has 0 aliphatic heterocycles. The fourth-order valence-electron chi connectivity index (χ4n) is 1.60. The summed E-state index contributed by atoms with van der Waals surface area (Å²) in [6.45, 7) is 0.0122. The van der Waals surface area contributed by atoms with Crippen molar-refractivity contribution in [2.45, 2.75) is 0 Å². The molecule has 0 unspecified atom stereocenters. The van der Waals surface area contributed by atoms with Crippen molar-refractivity contribution in [3.63, 3.8) is 0 Å². The normalized spacial score (nSPS) is 11.6. The molecule has 2 aromatic rings. The van der Waals surface area contributed by atoms with Gasteiger partial charge in [-0.1, -0.05) is 36.4 Å². The molecule has 0 aliphatic rings. The van der Waals surface area contributed by atoms with Crippen molar-refractivity contribution in [1.29, 1.82) is 0 Å². The number of ether oxygens (including phenoxy) is 1. The molecule has 0 fully saturated rings. The van der Waals surface area contributed by atoms with Crippen molar-refractivity contribution in [2.24, 2.45) is 0 Å². The van der Waals surface area contributed by atoms with Crippen LogP contribution in [0.15, 0.2) is 42.5 Å². The minimum absolute atomic E-state index is 0.0122. The van der Waals surface area contributed by atoms with Crippen molar-refractivity contribution in [3.05, 3.63) is 42.5 Å². The maximum absolute atomic E-state index is 10.7. The van der Waals surface area contributed by atoms with E-state index >= 15 is 0 Å². The second-order valence-corrected chi connectivity index (χ2v) is 5.49. The van der Waals surface area contributed by atoms with Crippen LogP contribution < -0.4 is 4.74 Å². The lowest BCUT2D eigenvalue weighted by molar-refractivity contribution is 0.318. The van der Waals surface area contributed by atoms with Gasteiger partial charge in [-0.15, -0.1) is 0 Å². The average Bonchev–Trinajstić information content (AvgIpc) is 2.28. The van der Waals surface area contributed by atoms with Crippen LogP contribution in [0.2, 0.25) is 0 Å². The fourth-order valence-corrected chi connectivity index (χ4v) is 1.93. The highest BCUT2D eigenvalue weighted by Gasteiger charge is 2.12. The molecule has 0 spiro atoms. The summed E-state index contributed by atoms with van der Waals surface area (Å²) in [5.74, 6) is 0.650. The van der Waals surface area contributed by atoms with E-state index < -0.39 is 7.60 Å². The summed E-state index contributed by atoms with van der Waals surface area (Å²) >= 11 is 0. The number of hydrogen-bond donors (Lipinski definition) is 2. The predicted octanol–water partition coefficient (Wildman–Crippen LogP) is 2.40. The van der Waals surface area contributed by atoms with E-state index in [0.717, 1.165) is 10.8 Å². The zero-order valence-corrected chi connectivity index (χ0v) is 10.0. The first-order valence-corrected chi connectivity index (χ1v) is 7.01. The van der Waals surface area contributed by atoms with Crippen LogP contribution >= 0.6 is 7.60 Å². The molecule has 0 aromatic heterocycles. The van der Waals surface area contributed by atoms with E-state index in [4.69, 9.17) is 14.5 Å². The van der Waals surface area contributed by atoms with Gasteiger partial charge >= 0.3 is 7.60 Å². The Labute approximate surface area is 99.0 Å². The summed E-state index contributed by atoms with van der Waals surface area (Å²) in [5.41, 5.74) is 0. The van der Waals surface area contributed by atoms with Crippen LogP contribution in [0.25, 0.3) is 10.8 Å². The highest BCUT2D eigenvalue weighted by atomic mass is 31.2. The molecule has 0 aliphatic carbocycles. The molecule has 0 radical (unpaired) electrons. The van der Waals surface area contributed by atoms with E-state index in [0.29, 0.717) is 5.75 Å². The Morgan fingerprint density at radius 1 is 1.06 bits per heavy atom. The predicted molar refractivity (Wildman–Crippen MR) is 66.4 cm³/mol. The van der Waals surface area contributed by atoms with Gasteiger partial charge in [-0.05, 0) is 11.5 Å². The van der Waals surface area contributed by atoms with Crippen molar-refractivity contribution >= 4 is 18.4 Å². The van der Waals surface area contributed by atoms with Gasteiger partial charge in [0, 0.05) is 5.39 Å². The molecular formula is C12H13O4P. The maximum Gasteiger partial charge on any atom is 0.328 e. The Morgan fingerprint density at radius 3 is 2.53 bits per heavy atom. The lowest BCUT2D eigenvalue weighted by Crippen LogP contribution is -2.03. The fraction of sp³-hybridized carbons (Fsp3) is 0.167. The zero-order valence-electron chi connectivity index (χ0n) is 9.11. The van der Waals surface area contributed by atoms with Gasteiger partial charge in [0.15, 0.2) is 0 Å². The van der Waals surface area contributed by atoms with Crippen LogP contribution in [0.5, 0.6) is 5.75 Å². The van der Waals surface area contributed by atoms with E-state index in [2.05, 4.69) is 0 Å². The number of fused-ring (bicyclic) bond motifs is 1. The summed E-state index contributed by atoms with van der Waals surface area (Å²) in [6, 6.07) is 13.3. The van der Waals surface area contributed by atoms with Crippen LogP contribution in [0, 0.1) is 0 Å². The molecule has 0 bridgehead atoms. The molecule has 0 saturated heterocycles. The van der Waals surface area contributed by atoms with Gasteiger partial charge in [0.05, 0.1) is 12.8 Å². The number of hydrogen-bond acceptors (Lipinski definition) is 2. The number of rotatable bonds is 4. The lowest BCUT2D eigenvalue weighted by atomic mass is 10.1. The van der Waals surface area contributed by atoms with E-state index in [-0.39, 0.29) is 12.8 Å². The van der Waals surface area contributed by atoms with Gasteiger partial charge in [-0.3, -0.25) is 4.57 Å². The second-order valence-electron chi connectivity index (χ2n) is 3.71. The quantitative estimate of drug-likeness (QED) is 0.820. The monoisotopic (exact) mass is 252 g/mol. The molecule has 0 atom stereocenters. The molecule has 4 nitrogen and oxygen atoms in total. The highest BCUT2D eigenvalue weighted by molar-refractivity contribution is 7.51. The third-order valence-electron chi connectivity index (χ3n) is 2.39. The SMILES string of the molecule is O=P(O)(O)CCOc1cccc2ccccc12. The van der Waals surface area contributed by atoms with Crippen molar-refractivity contribution in [2.75, 3.05) is 12.8 Å². The largest absolute Gasteiger partial charge is 0.492 e. The van der Waals surface area contributed by atoms with Gasteiger partial charge in [-0.2, -0.15) is 0 Å². The molecule has 0 saturated carbocycles. The van der Waals surface area contributed by atoms with Crippen LogP contribution in [0.1, 0.15) is 0 Å². The molecule has 5 heteroatoms. The second kappa shape index (κ2) is 4.88. The molecular weight excluding hydrogens is 239 g/mol. The Kier molecular flexibility index (Phi) is 3.48. The summed E-state index contributed by atoms with van der Waals surface area (Å²) in [4.78, 5) is 17.5. The van der Waals surface area contributed by atoms with Crippen LogP contribution in [-0.4, -0.2) is 22.6 Å². The van der Waals surface area contributed by atoms with Crippen LogP contribution in [0.4, 0.5) is 0 Å². The zero-order chi connectivity index (χ0) is 12.3. The van der Waals surface area contributed by atoms with Gasteiger partial charge in [-0.25, -0.2) is 0 Å². The molecule has 0 amide bonds. The average molecular weight is 252 g/mol. The first-order valence-electron chi connectivity index (χ1n) is 5.21.